The van der Waals surface area contributed by atoms with Gasteiger partial charge in [-0.25, -0.2) is 4.98 Å². The summed E-state index contributed by atoms with van der Waals surface area (Å²) in [5.41, 5.74) is 3.04. The Morgan fingerprint density at radius 1 is 1.14 bits per heavy atom. The van der Waals surface area contributed by atoms with E-state index in [1.54, 1.807) is 0 Å². The molecule has 1 heterocycles. The molecule has 0 saturated heterocycles. The van der Waals surface area contributed by atoms with Crippen LogP contribution in [-0.2, 0) is 11.2 Å². The molecule has 5 heteroatoms. The van der Waals surface area contributed by atoms with Gasteiger partial charge in [-0.1, -0.05) is 13.0 Å². The topological polar surface area (TPSA) is 60.5 Å². The zero-order valence-electron chi connectivity index (χ0n) is 17.5. The van der Waals surface area contributed by atoms with Gasteiger partial charge in [0.15, 0.2) is 0 Å². The summed E-state index contributed by atoms with van der Waals surface area (Å²) >= 11 is 0. The molecule has 1 N–H and O–H groups in total. The first-order valence-corrected chi connectivity index (χ1v) is 10.0. The van der Waals surface area contributed by atoms with E-state index < -0.39 is 0 Å². The molecule has 1 atom stereocenters. The lowest BCUT2D eigenvalue weighted by molar-refractivity contribution is -0.118. The minimum atomic E-state index is -0.0102. The summed E-state index contributed by atoms with van der Waals surface area (Å²) in [5, 5.41) is 3.87. The Labute approximate surface area is 172 Å². The van der Waals surface area contributed by atoms with Crippen LogP contribution in [0.5, 0.6) is 17.4 Å². The van der Waals surface area contributed by atoms with E-state index in [1.807, 2.05) is 49.4 Å². The van der Waals surface area contributed by atoms with Gasteiger partial charge in [0.1, 0.15) is 11.5 Å². The van der Waals surface area contributed by atoms with Crippen LogP contribution >= 0.6 is 0 Å². The fraction of sp³-hybridized carbons (Fsp3) is 0.333. The third kappa shape index (κ3) is 5.70. The molecule has 0 fully saturated rings. The molecule has 0 radical (unpaired) electrons. The van der Waals surface area contributed by atoms with E-state index in [9.17, 15) is 4.79 Å². The quantitative estimate of drug-likeness (QED) is 0.573. The highest BCUT2D eigenvalue weighted by atomic mass is 16.5. The smallest absolute Gasteiger partial charge is 0.219 e. The molecule has 1 amide bonds. The van der Waals surface area contributed by atoms with E-state index in [-0.39, 0.29) is 12.0 Å². The molecule has 0 aliphatic rings. The van der Waals surface area contributed by atoms with Gasteiger partial charge in [-0.3, -0.25) is 4.79 Å². The molecule has 0 saturated carbocycles. The van der Waals surface area contributed by atoms with E-state index in [2.05, 4.69) is 30.2 Å². The first-order chi connectivity index (χ1) is 13.9. The van der Waals surface area contributed by atoms with Gasteiger partial charge in [0.2, 0.25) is 11.8 Å². The molecular formula is C24H28N2O3. The first-order valence-electron chi connectivity index (χ1n) is 10.0. The van der Waals surface area contributed by atoms with Gasteiger partial charge in [-0.15, -0.1) is 0 Å². The van der Waals surface area contributed by atoms with Crippen molar-refractivity contribution in [3.05, 3.63) is 59.7 Å². The van der Waals surface area contributed by atoms with Crippen molar-refractivity contribution in [3.63, 3.8) is 0 Å². The van der Waals surface area contributed by atoms with Crippen molar-refractivity contribution in [3.8, 4) is 17.4 Å². The van der Waals surface area contributed by atoms with Crippen LogP contribution in [0.1, 0.15) is 38.3 Å². The van der Waals surface area contributed by atoms with E-state index in [1.165, 1.54) is 6.92 Å². The van der Waals surface area contributed by atoms with Crippen molar-refractivity contribution < 1.29 is 14.3 Å². The Bertz CT molecular complexity index is 1000. The Kier molecular flexibility index (Phi) is 6.70. The lowest BCUT2D eigenvalue weighted by atomic mass is 10.1. The number of amides is 1. The van der Waals surface area contributed by atoms with Crippen LogP contribution < -0.4 is 14.8 Å². The second-order valence-corrected chi connectivity index (χ2v) is 7.28. The van der Waals surface area contributed by atoms with Gasteiger partial charge in [-0.2, -0.15) is 0 Å². The SMILES string of the molecule is CCC(C)Oc1ccc(Oc2ccc3cc(CCNC(C)=O)ccc3n2)c(C)c1. The van der Waals surface area contributed by atoms with Crippen LogP contribution in [0, 0.1) is 6.92 Å². The standard InChI is InChI=1S/C24H28N2O3/c1-5-17(3)28-21-8-10-23(16(2)14-21)29-24-11-7-20-15-19(6-9-22(20)26-24)12-13-25-18(4)27/h6-11,14-15,17H,5,12-13H2,1-4H3,(H,25,27). The number of nitrogens with one attached hydrogen (secondary N) is 1. The Hall–Kier alpha value is -3.08. The largest absolute Gasteiger partial charge is 0.491 e. The molecule has 29 heavy (non-hydrogen) atoms. The minimum Gasteiger partial charge on any atom is -0.491 e. The lowest BCUT2D eigenvalue weighted by Gasteiger charge is -2.14. The van der Waals surface area contributed by atoms with Crippen molar-refractivity contribution in [1.82, 2.24) is 10.3 Å². The fourth-order valence-corrected chi connectivity index (χ4v) is 2.99. The summed E-state index contributed by atoms with van der Waals surface area (Å²) in [5.74, 6) is 2.16. The molecule has 0 bridgehead atoms. The number of nitrogens with zero attached hydrogens (tertiary/aromatic N) is 1. The number of carbonyl (C=O) groups is 1. The summed E-state index contributed by atoms with van der Waals surface area (Å²) < 4.78 is 11.9. The third-order valence-electron chi connectivity index (χ3n) is 4.79. The Balaban J connectivity index is 1.71. The molecule has 5 nitrogen and oxygen atoms in total. The number of carbonyl (C=O) groups excluding carboxylic acids is 1. The van der Waals surface area contributed by atoms with Crippen LogP contribution in [0.25, 0.3) is 10.9 Å². The van der Waals surface area contributed by atoms with Crippen LogP contribution in [0.2, 0.25) is 0 Å². The number of pyridine rings is 1. The fourth-order valence-electron chi connectivity index (χ4n) is 2.99. The van der Waals surface area contributed by atoms with Gasteiger partial charge in [-0.05, 0) is 74.2 Å². The van der Waals surface area contributed by atoms with Crippen molar-refractivity contribution in [1.29, 1.82) is 0 Å². The van der Waals surface area contributed by atoms with Gasteiger partial charge < -0.3 is 14.8 Å². The van der Waals surface area contributed by atoms with Crippen molar-refractivity contribution >= 4 is 16.8 Å². The first kappa shape index (κ1) is 20.6. The molecular weight excluding hydrogens is 364 g/mol. The minimum absolute atomic E-state index is 0.0102. The molecule has 0 spiro atoms. The summed E-state index contributed by atoms with van der Waals surface area (Å²) in [6.07, 6.45) is 1.94. The van der Waals surface area contributed by atoms with E-state index >= 15 is 0 Å². The van der Waals surface area contributed by atoms with E-state index in [4.69, 9.17) is 9.47 Å². The maximum Gasteiger partial charge on any atom is 0.219 e. The number of hydrogen-bond acceptors (Lipinski definition) is 4. The predicted molar refractivity (Wildman–Crippen MR) is 116 cm³/mol. The van der Waals surface area contributed by atoms with Crippen molar-refractivity contribution in [2.75, 3.05) is 6.54 Å². The highest BCUT2D eigenvalue weighted by Crippen LogP contribution is 2.29. The number of rotatable bonds is 8. The average molecular weight is 392 g/mol. The number of ether oxygens (including phenoxy) is 2. The number of aromatic nitrogens is 1. The van der Waals surface area contributed by atoms with Gasteiger partial charge >= 0.3 is 0 Å². The number of fused-ring (bicyclic) bond motifs is 1. The summed E-state index contributed by atoms with van der Waals surface area (Å²) in [6.45, 7) is 8.32. The second kappa shape index (κ2) is 9.41. The number of aryl methyl sites for hydroxylation is 1. The highest BCUT2D eigenvalue weighted by molar-refractivity contribution is 5.80. The Morgan fingerprint density at radius 2 is 1.97 bits per heavy atom. The number of hydrogen-bond donors (Lipinski definition) is 1. The molecule has 152 valence electrons. The zero-order chi connectivity index (χ0) is 20.8. The highest BCUT2D eigenvalue weighted by Gasteiger charge is 2.08. The summed E-state index contributed by atoms with van der Waals surface area (Å²) in [4.78, 5) is 15.6. The van der Waals surface area contributed by atoms with Crippen molar-refractivity contribution in [2.24, 2.45) is 0 Å². The lowest BCUT2D eigenvalue weighted by Crippen LogP contribution is -2.22. The number of benzene rings is 2. The van der Waals surface area contributed by atoms with Crippen LogP contribution in [-0.4, -0.2) is 23.5 Å². The predicted octanol–water partition coefficient (Wildman–Crippen LogP) is 5.19. The summed E-state index contributed by atoms with van der Waals surface area (Å²) in [6, 6.07) is 15.8. The molecule has 3 aromatic rings. The average Bonchev–Trinajstić information content (AvgIpc) is 2.69. The van der Waals surface area contributed by atoms with E-state index in [0.29, 0.717) is 12.4 Å². The van der Waals surface area contributed by atoms with Crippen molar-refractivity contribution in [2.45, 2.75) is 46.6 Å². The second-order valence-electron chi connectivity index (χ2n) is 7.28. The van der Waals surface area contributed by atoms with Crippen LogP contribution in [0.15, 0.2) is 48.5 Å². The molecule has 0 aliphatic carbocycles. The van der Waals surface area contributed by atoms with E-state index in [0.717, 1.165) is 46.4 Å². The van der Waals surface area contributed by atoms with Crippen LogP contribution in [0.4, 0.5) is 0 Å². The maximum atomic E-state index is 11.0. The van der Waals surface area contributed by atoms with Crippen LogP contribution in [0.3, 0.4) is 0 Å². The third-order valence-corrected chi connectivity index (χ3v) is 4.79. The van der Waals surface area contributed by atoms with Gasteiger partial charge in [0.25, 0.3) is 0 Å². The monoisotopic (exact) mass is 392 g/mol. The van der Waals surface area contributed by atoms with Gasteiger partial charge in [0, 0.05) is 24.9 Å². The summed E-state index contributed by atoms with van der Waals surface area (Å²) in [7, 11) is 0. The molecule has 1 aromatic heterocycles. The molecule has 3 rings (SSSR count). The molecule has 0 aliphatic heterocycles. The van der Waals surface area contributed by atoms with Gasteiger partial charge in [0.05, 0.1) is 11.6 Å². The molecule has 1 unspecified atom stereocenters. The maximum absolute atomic E-state index is 11.0. The molecule has 2 aromatic carbocycles. The normalized spacial score (nSPS) is 11.9. The zero-order valence-corrected chi connectivity index (χ0v) is 17.5. The Morgan fingerprint density at radius 3 is 2.69 bits per heavy atom.